The lowest BCUT2D eigenvalue weighted by Gasteiger charge is -2.10. The van der Waals surface area contributed by atoms with E-state index in [1.165, 1.54) is 13.1 Å². The molecule has 0 radical (unpaired) electrons. The molecule has 0 aliphatic heterocycles. The third-order valence-corrected chi connectivity index (χ3v) is 6.02. The molecule has 0 aliphatic carbocycles. The summed E-state index contributed by atoms with van der Waals surface area (Å²) in [7, 11) is -0.581. The van der Waals surface area contributed by atoms with Gasteiger partial charge in [-0.3, -0.25) is 4.79 Å². The second kappa shape index (κ2) is 8.28. The van der Waals surface area contributed by atoms with Gasteiger partial charge in [0.15, 0.2) is 20.8 Å². The van der Waals surface area contributed by atoms with E-state index in [1.807, 2.05) is 6.07 Å². The van der Waals surface area contributed by atoms with Gasteiger partial charge in [-0.05, 0) is 24.1 Å². The summed E-state index contributed by atoms with van der Waals surface area (Å²) in [5, 5.41) is 2.70. The summed E-state index contributed by atoms with van der Waals surface area (Å²) in [6.45, 7) is 1.54. The fourth-order valence-electron chi connectivity index (χ4n) is 2.03. The van der Waals surface area contributed by atoms with E-state index < -0.39 is 10.0 Å². The molecule has 25 heavy (non-hydrogen) atoms. The quantitative estimate of drug-likeness (QED) is 0.715. The van der Waals surface area contributed by atoms with Crippen molar-refractivity contribution >= 4 is 32.4 Å². The minimum absolute atomic E-state index is 0.0450. The normalized spacial score (nSPS) is 11.2. The van der Waals surface area contributed by atoms with Crippen LogP contribution in [0.5, 0.6) is 11.5 Å². The maximum atomic E-state index is 12.2. The van der Waals surface area contributed by atoms with Gasteiger partial charge in [-0.25, -0.2) is 18.1 Å². The van der Waals surface area contributed by atoms with Crippen molar-refractivity contribution in [2.24, 2.45) is 0 Å². The molecule has 2 N–H and O–H groups in total. The van der Waals surface area contributed by atoms with Gasteiger partial charge in [0.25, 0.3) is 10.0 Å². The van der Waals surface area contributed by atoms with Crippen molar-refractivity contribution in [1.82, 2.24) is 9.71 Å². The van der Waals surface area contributed by atoms with Crippen LogP contribution < -0.4 is 19.5 Å². The standard InChI is InChI=1S/C15H19N3O5S2/c1-10(19)18-15-16-9-14(24-15)25(20,21)17-7-6-11-4-5-12(22-2)13(8-11)23-3/h4-5,8-9,17H,6-7H2,1-3H3,(H,16,18,19). The minimum atomic E-state index is -3.68. The molecule has 1 aromatic carbocycles. The number of sulfonamides is 1. The smallest absolute Gasteiger partial charge is 0.251 e. The van der Waals surface area contributed by atoms with Crippen LogP contribution in [0, 0.1) is 0 Å². The van der Waals surface area contributed by atoms with Gasteiger partial charge < -0.3 is 14.8 Å². The van der Waals surface area contributed by atoms with E-state index in [1.54, 1.807) is 26.4 Å². The van der Waals surface area contributed by atoms with Gasteiger partial charge in [-0.15, -0.1) is 0 Å². The first-order valence-corrected chi connectivity index (χ1v) is 9.59. The Morgan fingerprint density at radius 3 is 2.60 bits per heavy atom. The van der Waals surface area contributed by atoms with E-state index in [9.17, 15) is 13.2 Å². The summed E-state index contributed by atoms with van der Waals surface area (Å²) >= 11 is 0.895. The van der Waals surface area contributed by atoms with Crippen LogP contribution in [0.1, 0.15) is 12.5 Å². The van der Waals surface area contributed by atoms with Crippen LogP contribution in [0.15, 0.2) is 28.6 Å². The molecule has 2 aromatic rings. The zero-order valence-corrected chi connectivity index (χ0v) is 15.7. The van der Waals surface area contributed by atoms with Crippen LogP contribution >= 0.6 is 11.3 Å². The zero-order chi connectivity index (χ0) is 18.4. The number of benzene rings is 1. The van der Waals surface area contributed by atoms with E-state index in [0.29, 0.717) is 17.9 Å². The number of ether oxygens (including phenoxy) is 2. The van der Waals surface area contributed by atoms with Crippen molar-refractivity contribution in [2.75, 3.05) is 26.1 Å². The number of anilines is 1. The molecule has 1 aromatic heterocycles. The van der Waals surface area contributed by atoms with Crippen LogP contribution in [0.2, 0.25) is 0 Å². The average Bonchev–Trinajstić information content (AvgIpc) is 3.03. The highest BCUT2D eigenvalue weighted by Gasteiger charge is 2.18. The molecule has 0 atom stereocenters. The highest BCUT2D eigenvalue weighted by atomic mass is 32.2. The van der Waals surface area contributed by atoms with Crippen molar-refractivity contribution in [2.45, 2.75) is 17.6 Å². The summed E-state index contributed by atoms with van der Waals surface area (Å²) in [6, 6.07) is 5.41. The lowest BCUT2D eigenvalue weighted by atomic mass is 10.1. The largest absolute Gasteiger partial charge is 0.493 e. The molecule has 0 bridgehead atoms. The SMILES string of the molecule is COc1ccc(CCNS(=O)(=O)c2cnc(NC(C)=O)s2)cc1OC. The summed E-state index contributed by atoms with van der Waals surface area (Å²) in [5.74, 6) is 0.895. The third-order valence-electron chi connectivity index (χ3n) is 3.19. The topological polar surface area (TPSA) is 107 Å². The fraction of sp³-hybridized carbons (Fsp3) is 0.333. The number of carbonyl (C=O) groups excluding carboxylic acids is 1. The molecule has 2 rings (SSSR count). The molecule has 0 fully saturated rings. The second-order valence-electron chi connectivity index (χ2n) is 5.00. The predicted molar refractivity (Wildman–Crippen MR) is 94.9 cm³/mol. The number of carbonyl (C=O) groups is 1. The molecule has 136 valence electrons. The van der Waals surface area contributed by atoms with Crippen molar-refractivity contribution in [3.05, 3.63) is 30.0 Å². The number of nitrogens with one attached hydrogen (secondary N) is 2. The first kappa shape index (κ1) is 19.2. The zero-order valence-electron chi connectivity index (χ0n) is 14.0. The van der Waals surface area contributed by atoms with Gasteiger partial charge in [0, 0.05) is 13.5 Å². The Morgan fingerprint density at radius 1 is 1.24 bits per heavy atom. The summed E-state index contributed by atoms with van der Waals surface area (Å²) in [4.78, 5) is 14.8. The number of rotatable bonds is 8. The first-order valence-electron chi connectivity index (χ1n) is 7.29. The van der Waals surface area contributed by atoms with Crippen LogP contribution in [0.3, 0.4) is 0 Å². The van der Waals surface area contributed by atoms with Gasteiger partial charge in [0.05, 0.1) is 20.4 Å². The number of methoxy groups -OCH3 is 2. The van der Waals surface area contributed by atoms with Crippen molar-refractivity contribution in [3.63, 3.8) is 0 Å². The van der Waals surface area contributed by atoms with Crippen molar-refractivity contribution in [3.8, 4) is 11.5 Å². The Balaban J connectivity index is 1.98. The molecular formula is C15H19N3O5S2. The second-order valence-corrected chi connectivity index (χ2v) is 8.03. The molecule has 1 heterocycles. The van der Waals surface area contributed by atoms with Crippen LogP contribution in [0.25, 0.3) is 0 Å². The highest BCUT2D eigenvalue weighted by Crippen LogP contribution is 2.27. The lowest BCUT2D eigenvalue weighted by Crippen LogP contribution is -2.25. The van der Waals surface area contributed by atoms with Gasteiger partial charge in [0.2, 0.25) is 5.91 Å². The van der Waals surface area contributed by atoms with E-state index in [-0.39, 0.29) is 21.8 Å². The molecular weight excluding hydrogens is 366 g/mol. The Labute approximate surface area is 150 Å². The van der Waals surface area contributed by atoms with E-state index in [0.717, 1.165) is 16.9 Å². The van der Waals surface area contributed by atoms with Gasteiger partial charge in [-0.2, -0.15) is 0 Å². The van der Waals surface area contributed by atoms with Crippen LogP contribution in [-0.4, -0.2) is 40.1 Å². The molecule has 0 aliphatic rings. The Morgan fingerprint density at radius 2 is 1.96 bits per heavy atom. The molecule has 0 saturated carbocycles. The van der Waals surface area contributed by atoms with Crippen LogP contribution in [0.4, 0.5) is 5.13 Å². The predicted octanol–water partition coefficient (Wildman–Crippen LogP) is 1.64. The van der Waals surface area contributed by atoms with E-state index >= 15 is 0 Å². The monoisotopic (exact) mass is 385 g/mol. The number of thiazole rings is 1. The Hall–Kier alpha value is -2.17. The van der Waals surface area contributed by atoms with E-state index in [4.69, 9.17) is 9.47 Å². The van der Waals surface area contributed by atoms with Crippen LogP contribution in [-0.2, 0) is 21.2 Å². The lowest BCUT2D eigenvalue weighted by molar-refractivity contribution is -0.114. The number of nitrogens with zero attached hydrogens (tertiary/aromatic N) is 1. The van der Waals surface area contributed by atoms with E-state index in [2.05, 4.69) is 15.0 Å². The maximum absolute atomic E-state index is 12.2. The summed E-state index contributed by atoms with van der Waals surface area (Å²) in [5.41, 5.74) is 0.906. The molecule has 8 nitrogen and oxygen atoms in total. The molecule has 0 saturated heterocycles. The summed E-state index contributed by atoms with van der Waals surface area (Å²) < 4.78 is 37.4. The number of aromatic nitrogens is 1. The minimum Gasteiger partial charge on any atom is -0.493 e. The fourth-order valence-corrected chi connectivity index (χ4v) is 4.18. The third kappa shape index (κ3) is 5.15. The molecule has 10 heteroatoms. The number of hydrogen-bond donors (Lipinski definition) is 2. The Bertz CT molecular complexity index is 849. The Kier molecular flexibility index (Phi) is 6.34. The number of amides is 1. The first-order chi connectivity index (χ1) is 11.9. The van der Waals surface area contributed by atoms with Crippen molar-refractivity contribution < 1.29 is 22.7 Å². The highest BCUT2D eigenvalue weighted by molar-refractivity contribution is 7.91. The molecule has 0 spiro atoms. The van der Waals surface area contributed by atoms with Gasteiger partial charge in [-0.1, -0.05) is 17.4 Å². The molecule has 1 amide bonds. The summed E-state index contributed by atoms with van der Waals surface area (Å²) in [6.07, 6.45) is 1.70. The maximum Gasteiger partial charge on any atom is 0.251 e. The number of hydrogen-bond acceptors (Lipinski definition) is 7. The van der Waals surface area contributed by atoms with Crippen molar-refractivity contribution in [1.29, 1.82) is 0 Å². The molecule has 0 unspecified atom stereocenters. The average molecular weight is 385 g/mol. The van der Waals surface area contributed by atoms with Gasteiger partial charge >= 0.3 is 0 Å². The van der Waals surface area contributed by atoms with Gasteiger partial charge in [0.1, 0.15) is 0 Å².